The van der Waals surface area contributed by atoms with Gasteiger partial charge in [-0.15, -0.1) is 0 Å². The third-order valence-electron chi connectivity index (χ3n) is 11.4. The molecular weight excluding hydrogens is 768 g/mol. The number of carbonyl (C=O) groups excluding carboxylic acids is 1. The summed E-state index contributed by atoms with van der Waals surface area (Å²) in [7, 11) is 1.57. The average molecular weight is 868 g/mol. The lowest BCUT2D eigenvalue weighted by Gasteiger charge is -2.25. The van der Waals surface area contributed by atoms with Crippen molar-refractivity contribution < 1.29 is 32.9 Å². The first-order valence-corrected chi connectivity index (χ1v) is 26.9. The summed E-state index contributed by atoms with van der Waals surface area (Å²) >= 11 is 0. The number of rotatable bonds is 46. The van der Waals surface area contributed by atoms with E-state index < -0.39 is 20.0 Å². The Morgan fingerprint density at radius 3 is 1.37 bits per heavy atom. The van der Waals surface area contributed by atoms with E-state index in [1.807, 2.05) is 27.2 Å². The normalized spacial score (nSPS) is 14.4. The number of aliphatic hydroxyl groups excluding tert-OH is 1. The van der Waals surface area contributed by atoms with Crippen molar-refractivity contribution in [2.45, 2.75) is 244 Å². The molecule has 3 N–H and O–H groups in total. The summed E-state index contributed by atoms with van der Waals surface area (Å²) in [5, 5.41) is 13.8. The smallest absolute Gasteiger partial charge is 0.387 e. The minimum Gasteiger partial charge on any atom is -0.387 e. The number of aliphatic hydroxyl groups is 1. The van der Waals surface area contributed by atoms with Crippen LogP contribution in [0, 0.1) is 0 Å². The summed E-state index contributed by atoms with van der Waals surface area (Å²) in [4.78, 5) is 23.2. The van der Waals surface area contributed by atoms with Gasteiger partial charge in [-0.1, -0.05) is 211 Å². The van der Waals surface area contributed by atoms with Gasteiger partial charge in [0.15, 0.2) is 0 Å². The first-order chi connectivity index (χ1) is 29.0. The van der Waals surface area contributed by atoms with Crippen molar-refractivity contribution in [2.24, 2.45) is 0 Å². The van der Waals surface area contributed by atoms with Crippen molar-refractivity contribution in [1.29, 1.82) is 0 Å². The lowest BCUT2D eigenvalue weighted by Crippen LogP contribution is -2.45. The Bertz CT molecular complexity index is 1070. The van der Waals surface area contributed by atoms with Crippen molar-refractivity contribution in [3.05, 3.63) is 36.5 Å². The topological polar surface area (TPSA) is 105 Å². The predicted octanol–water partition coefficient (Wildman–Crippen LogP) is 14.6. The predicted molar refractivity (Wildman–Crippen MR) is 258 cm³/mol. The number of quaternary nitrogens is 1. The van der Waals surface area contributed by atoms with Crippen LogP contribution in [-0.2, 0) is 18.4 Å². The summed E-state index contributed by atoms with van der Waals surface area (Å²) in [6, 6.07) is -0.847. The Kier molecular flexibility index (Phi) is 42.1. The largest absolute Gasteiger partial charge is 0.472 e. The number of amides is 1. The maximum absolute atomic E-state index is 12.9. The minimum atomic E-state index is -4.34. The molecule has 60 heavy (non-hydrogen) atoms. The van der Waals surface area contributed by atoms with Crippen molar-refractivity contribution in [3.63, 3.8) is 0 Å². The SMILES string of the molecule is CCCCCCCCCCC/C=C\C/C=C\CCCCCCCCCCCC(=O)NC(COP(=O)(O)OCC[N+](C)(C)C)C(O)/C=C/CCCCCCCCCCCCC. The highest BCUT2D eigenvalue weighted by Gasteiger charge is 2.27. The maximum Gasteiger partial charge on any atom is 0.472 e. The minimum absolute atomic E-state index is 0.0606. The first-order valence-electron chi connectivity index (χ1n) is 25.4. The molecule has 1 amide bonds. The molecule has 0 fully saturated rings. The standard InChI is InChI=1S/C51H99N2O6P/c1-6-8-10-12-14-16-18-20-21-22-23-24-25-26-27-28-29-30-31-33-35-37-39-41-43-45-51(55)52-49(48-59-60(56,57)58-47-46-53(3,4)5)50(54)44-42-40-38-36-34-32-19-17-15-13-11-9-7-2/h23-24,26-27,42,44,49-50,54H,6-22,25,28-41,43,45-48H2,1-5H3,(H-,52,55,56,57)/p+1/b24-23-,27-26-,44-42+. The zero-order chi connectivity index (χ0) is 44.3. The zero-order valence-electron chi connectivity index (χ0n) is 40.2. The molecule has 0 heterocycles. The molecule has 0 aromatic carbocycles. The molecule has 0 spiro atoms. The second-order valence-corrected chi connectivity index (χ2v) is 20.0. The number of likely N-dealkylation sites (N-methyl/N-ethyl adjacent to an activating group) is 1. The van der Waals surface area contributed by atoms with E-state index in [0.717, 1.165) is 44.9 Å². The van der Waals surface area contributed by atoms with Crippen LogP contribution in [0.15, 0.2) is 36.5 Å². The fourth-order valence-electron chi connectivity index (χ4n) is 7.31. The van der Waals surface area contributed by atoms with Gasteiger partial charge in [-0.3, -0.25) is 13.8 Å². The number of hydrogen-bond donors (Lipinski definition) is 3. The van der Waals surface area contributed by atoms with Gasteiger partial charge in [0.2, 0.25) is 5.91 Å². The van der Waals surface area contributed by atoms with Gasteiger partial charge in [-0.05, 0) is 51.4 Å². The van der Waals surface area contributed by atoms with Gasteiger partial charge in [0, 0.05) is 6.42 Å². The molecule has 0 aromatic rings. The molecule has 0 rings (SSSR count). The van der Waals surface area contributed by atoms with E-state index in [0.29, 0.717) is 17.4 Å². The first kappa shape index (κ1) is 58.7. The monoisotopic (exact) mass is 868 g/mol. The van der Waals surface area contributed by atoms with Gasteiger partial charge in [-0.25, -0.2) is 4.57 Å². The second-order valence-electron chi connectivity index (χ2n) is 18.5. The molecule has 8 nitrogen and oxygen atoms in total. The number of phosphoric ester groups is 1. The molecule has 0 aliphatic carbocycles. The number of allylic oxidation sites excluding steroid dienone is 5. The van der Waals surface area contributed by atoms with Crippen LogP contribution < -0.4 is 5.32 Å². The lowest BCUT2D eigenvalue weighted by molar-refractivity contribution is -0.870. The van der Waals surface area contributed by atoms with E-state index >= 15 is 0 Å². The summed E-state index contributed by atoms with van der Waals surface area (Å²) in [5.74, 6) is -0.181. The molecule has 0 saturated carbocycles. The molecule has 0 aliphatic rings. The Hall–Kier alpha value is -1.28. The zero-order valence-corrected chi connectivity index (χ0v) is 41.1. The van der Waals surface area contributed by atoms with E-state index in [1.54, 1.807) is 6.08 Å². The highest BCUT2D eigenvalue weighted by atomic mass is 31.2. The molecule has 0 bridgehead atoms. The molecule has 3 unspecified atom stereocenters. The van der Waals surface area contributed by atoms with Gasteiger partial charge in [-0.2, -0.15) is 0 Å². The van der Waals surface area contributed by atoms with Crippen LogP contribution in [0.2, 0.25) is 0 Å². The van der Waals surface area contributed by atoms with Gasteiger partial charge >= 0.3 is 7.82 Å². The Morgan fingerprint density at radius 2 is 0.950 bits per heavy atom. The molecule has 0 aliphatic heterocycles. The van der Waals surface area contributed by atoms with E-state index in [2.05, 4.69) is 43.5 Å². The summed E-state index contributed by atoms with van der Waals surface area (Å²) < 4.78 is 23.6. The van der Waals surface area contributed by atoms with Crippen LogP contribution in [-0.4, -0.2) is 73.4 Å². The average Bonchev–Trinajstić information content (AvgIpc) is 3.20. The number of carbonyl (C=O) groups is 1. The Morgan fingerprint density at radius 1 is 0.567 bits per heavy atom. The van der Waals surface area contributed by atoms with Crippen LogP contribution in [0.5, 0.6) is 0 Å². The number of nitrogens with one attached hydrogen (secondary N) is 1. The Balaban J connectivity index is 4.23. The summed E-state index contributed by atoms with van der Waals surface area (Å²) in [6.45, 7) is 4.81. The van der Waals surface area contributed by atoms with Crippen LogP contribution >= 0.6 is 7.82 Å². The maximum atomic E-state index is 12.9. The van der Waals surface area contributed by atoms with Crippen LogP contribution in [0.25, 0.3) is 0 Å². The molecule has 0 saturated heterocycles. The molecule has 0 aromatic heterocycles. The number of nitrogens with zero attached hydrogens (tertiary/aromatic N) is 1. The third kappa shape index (κ3) is 44.8. The van der Waals surface area contributed by atoms with Gasteiger partial charge in [0.25, 0.3) is 0 Å². The van der Waals surface area contributed by atoms with Crippen molar-refractivity contribution >= 4 is 13.7 Å². The number of unbranched alkanes of at least 4 members (excludes halogenated alkanes) is 29. The van der Waals surface area contributed by atoms with Gasteiger partial charge in [0.05, 0.1) is 39.9 Å². The summed E-state index contributed by atoms with van der Waals surface area (Å²) in [5.41, 5.74) is 0. The molecule has 9 heteroatoms. The van der Waals surface area contributed by atoms with Gasteiger partial charge in [0.1, 0.15) is 13.2 Å². The lowest BCUT2D eigenvalue weighted by atomic mass is 10.0. The van der Waals surface area contributed by atoms with E-state index in [-0.39, 0.29) is 19.1 Å². The van der Waals surface area contributed by atoms with Crippen LogP contribution in [0.3, 0.4) is 0 Å². The molecule has 0 radical (unpaired) electrons. The number of hydrogen-bond acceptors (Lipinski definition) is 5. The fraction of sp³-hybridized carbons (Fsp3) is 0.863. The van der Waals surface area contributed by atoms with Crippen LogP contribution in [0.1, 0.15) is 232 Å². The van der Waals surface area contributed by atoms with Crippen LogP contribution in [0.4, 0.5) is 0 Å². The van der Waals surface area contributed by atoms with E-state index in [1.165, 1.54) is 167 Å². The van der Waals surface area contributed by atoms with Gasteiger partial charge < -0.3 is 19.8 Å². The van der Waals surface area contributed by atoms with E-state index in [9.17, 15) is 19.4 Å². The quantitative estimate of drug-likeness (QED) is 0.0244. The number of phosphoric acid groups is 1. The highest BCUT2D eigenvalue weighted by Crippen LogP contribution is 2.43. The van der Waals surface area contributed by atoms with Crippen molar-refractivity contribution in [1.82, 2.24) is 5.32 Å². The van der Waals surface area contributed by atoms with Crippen molar-refractivity contribution in [2.75, 3.05) is 40.9 Å². The molecular formula is C51H100N2O6P+. The van der Waals surface area contributed by atoms with Crippen molar-refractivity contribution in [3.8, 4) is 0 Å². The fourth-order valence-corrected chi connectivity index (χ4v) is 8.04. The van der Waals surface area contributed by atoms with E-state index in [4.69, 9.17) is 9.05 Å². The Labute approximate surface area is 372 Å². The third-order valence-corrected chi connectivity index (χ3v) is 12.3. The summed E-state index contributed by atoms with van der Waals surface area (Å²) in [6.07, 6.45) is 53.7. The second kappa shape index (κ2) is 43.0. The molecule has 354 valence electrons. The highest BCUT2D eigenvalue weighted by molar-refractivity contribution is 7.47. The molecule has 3 atom stereocenters.